The Balaban J connectivity index is 1.47. The van der Waals surface area contributed by atoms with E-state index in [1.54, 1.807) is 0 Å². The molecule has 0 aromatic heterocycles. The number of benzene rings is 1. The summed E-state index contributed by atoms with van der Waals surface area (Å²) in [5.74, 6) is 1.86. The van der Waals surface area contributed by atoms with Crippen LogP contribution in [0.15, 0.2) is 36.4 Å². The highest BCUT2D eigenvalue weighted by Crippen LogP contribution is 2.43. The van der Waals surface area contributed by atoms with E-state index in [2.05, 4.69) is 17.5 Å². The standard InChI is InChI=1S/C16H19NO2/c1-11-2-6-15(7-3-11)17-16(18)19-10-14-9-12-4-5-13(14)8-12/h2-7,12-14H,8-10H2,1H3,(H,17,18)/t12-,13+,14-/m1/s1. The monoisotopic (exact) mass is 257 g/mol. The number of aryl methyl sites for hydroxylation is 1. The Hall–Kier alpha value is -1.77. The summed E-state index contributed by atoms with van der Waals surface area (Å²) in [5, 5.41) is 2.76. The number of hydrogen-bond donors (Lipinski definition) is 1. The first-order valence-corrected chi connectivity index (χ1v) is 6.89. The number of carbonyl (C=O) groups is 1. The Kier molecular flexibility index (Phi) is 3.28. The van der Waals surface area contributed by atoms with E-state index in [9.17, 15) is 4.79 Å². The molecule has 3 nitrogen and oxygen atoms in total. The first kappa shape index (κ1) is 12.3. The van der Waals surface area contributed by atoms with Crippen molar-refractivity contribution in [2.75, 3.05) is 11.9 Å². The smallest absolute Gasteiger partial charge is 0.411 e. The topological polar surface area (TPSA) is 38.3 Å². The summed E-state index contributed by atoms with van der Waals surface area (Å²) in [7, 11) is 0. The van der Waals surface area contributed by atoms with Crippen LogP contribution in [-0.2, 0) is 4.74 Å². The van der Waals surface area contributed by atoms with Crippen LogP contribution in [0.1, 0.15) is 18.4 Å². The highest BCUT2D eigenvalue weighted by molar-refractivity contribution is 5.84. The number of carbonyl (C=O) groups excluding carboxylic acids is 1. The van der Waals surface area contributed by atoms with Crippen molar-refractivity contribution in [2.24, 2.45) is 17.8 Å². The Labute approximate surface area is 113 Å². The molecule has 0 radical (unpaired) electrons. The van der Waals surface area contributed by atoms with Gasteiger partial charge in [-0.15, -0.1) is 0 Å². The van der Waals surface area contributed by atoms with Crippen LogP contribution in [0.3, 0.4) is 0 Å². The molecule has 2 aliphatic rings. The van der Waals surface area contributed by atoms with E-state index in [0.29, 0.717) is 18.4 Å². The number of anilines is 1. The van der Waals surface area contributed by atoms with Gasteiger partial charge in [-0.25, -0.2) is 4.79 Å². The second-order valence-corrected chi connectivity index (χ2v) is 5.63. The third-order valence-corrected chi connectivity index (χ3v) is 4.14. The van der Waals surface area contributed by atoms with Gasteiger partial charge < -0.3 is 4.74 Å². The number of amides is 1. The number of rotatable bonds is 3. The molecular weight excluding hydrogens is 238 g/mol. The number of hydrogen-bond acceptors (Lipinski definition) is 2. The molecule has 0 aliphatic heterocycles. The van der Waals surface area contributed by atoms with E-state index >= 15 is 0 Å². The molecule has 1 saturated carbocycles. The van der Waals surface area contributed by atoms with Crippen LogP contribution >= 0.6 is 0 Å². The largest absolute Gasteiger partial charge is 0.449 e. The molecule has 1 fully saturated rings. The molecule has 3 atom stereocenters. The summed E-state index contributed by atoms with van der Waals surface area (Å²) in [6.07, 6.45) is 6.64. The lowest BCUT2D eigenvalue weighted by atomic mass is 9.95. The number of fused-ring (bicyclic) bond motifs is 2. The van der Waals surface area contributed by atoms with Crippen molar-refractivity contribution in [2.45, 2.75) is 19.8 Å². The lowest BCUT2D eigenvalue weighted by Gasteiger charge is -2.17. The predicted molar refractivity (Wildman–Crippen MR) is 75.0 cm³/mol. The van der Waals surface area contributed by atoms with Gasteiger partial charge in [0.2, 0.25) is 0 Å². The van der Waals surface area contributed by atoms with Crippen molar-refractivity contribution in [1.29, 1.82) is 0 Å². The highest BCUT2D eigenvalue weighted by atomic mass is 16.5. The maximum atomic E-state index is 11.7. The molecule has 19 heavy (non-hydrogen) atoms. The zero-order valence-corrected chi connectivity index (χ0v) is 11.1. The fourth-order valence-corrected chi connectivity index (χ4v) is 3.06. The van der Waals surface area contributed by atoms with Gasteiger partial charge in [-0.1, -0.05) is 29.8 Å². The molecule has 2 aliphatic carbocycles. The minimum atomic E-state index is -0.351. The highest BCUT2D eigenvalue weighted by Gasteiger charge is 2.36. The number of ether oxygens (including phenoxy) is 1. The van der Waals surface area contributed by atoms with Gasteiger partial charge in [0.15, 0.2) is 0 Å². The SMILES string of the molecule is Cc1ccc(NC(=O)OC[C@H]2C[C@@H]3C=C[C@H]2C3)cc1. The lowest BCUT2D eigenvalue weighted by Crippen LogP contribution is -2.21. The van der Waals surface area contributed by atoms with E-state index in [4.69, 9.17) is 4.74 Å². The van der Waals surface area contributed by atoms with Gasteiger partial charge in [0.25, 0.3) is 0 Å². The van der Waals surface area contributed by atoms with Crippen LogP contribution in [0.25, 0.3) is 0 Å². The second-order valence-electron chi connectivity index (χ2n) is 5.63. The Morgan fingerprint density at radius 2 is 2.05 bits per heavy atom. The first-order valence-electron chi connectivity index (χ1n) is 6.89. The summed E-state index contributed by atoms with van der Waals surface area (Å²) in [6.45, 7) is 2.55. The summed E-state index contributed by atoms with van der Waals surface area (Å²) in [6, 6.07) is 7.71. The minimum absolute atomic E-state index is 0.351. The maximum absolute atomic E-state index is 11.7. The molecule has 1 N–H and O–H groups in total. The third kappa shape index (κ3) is 2.80. The van der Waals surface area contributed by atoms with Crippen molar-refractivity contribution in [3.05, 3.63) is 42.0 Å². The zero-order valence-electron chi connectivity index (χ0n) is 11.1. The van der Waals surface area contributed by atoms with Crippen LogP contribution in [-0.4, -0.2) is 12.7 Å². The molecule has 0 spiro atoms. The summed E-state index contributed by atoms with van der Waals surface area (Å²) in [4.78, 5) is 11.7. The van der Waals surface area contributed by atoms with Gasteiger partial charge in [0.1, 0.15) is 0 Å². The van der Waals surface area contributed by atoms with Gasteiger partial charge in [-0.3, -0.25) is 5.32 Å². The van der Waals surface area contributed by atoms with E-state index in [-0.39, 0.29) is 6.09 Å². The fraction of sp³-hybridized carbons (Fsp3) is 0.438. The molecule has 1 aromatic carbocycles. The van der Waals surface area contributed by atoms with E-state index in [1.807, 2.05) is 31.2 Å². The van der Waals surface area contributed by atoms with Crippen LogP contribution in [0.4, 0.5) is 10.5 Å². The average molecular weight is 257 g/mol. The fourth-order valence-electron chi connectivity index (χ4n) is 3.06. The molecule has 1 aromatic rings. The molecule has 1 amide bonds. The van der Waals surface area contributed by atoms with Gasteiger partial charge in [0.05, 0.1) is 6.61 Å². The summed E-state index contributed by atoms with van der Waals surface area (Å²) >= 11 is 0. The summed E-state index contributed by atoms with van der Waals surface area (Å²) in [5.41, 5.74) is 1.95. The lowest BCUT2D eigenvalue weighted by molar-refractivity contribution is 0.134. The molecule has 0 heterocycles. The Morgan fingerprint density at radius 3 is 2.68 bits per heavy atom. The van der Waals surface area contributed by atoms with E-state index in [1.165, 1.54) is 18.4 Å². The van der Waals surface area contributed by atoms with Gasteiger partial charge >= 0.3 is 6.09 Å². The number of nitrogens with one attached hydrogen (secondary N) is 1. The van der Waals surface area contributed by atoms with Crippen LogP contribution in [0.2, 0.25) is 0 Å². The average Bonchev–Trinajstić information content (AvgIpc) is 3.01. The van der Waals surface area contributed by atoms with E-state index in [0.717, 1.165) is 11.6 Å². The maximum Gasteiger partial charge on any atom is 0.411 e. The van der Waals surface area contributed by atoms with Crippen molar-refractivity contribution < 1.29 is 9.53 Å². The Morgan fingerprint density at radius 1 is 1.26 bits per heavy atom. The normalized spacial score (nSPS) is 27.5. The van der Waals surface area contributed by atoms with Crippen molar-refractivity contribution in [1.82, 2.24) is 0 Å². The van der Waals surface area contributed by atoms with Crippen LogP contribution in [0, 0.1) is 24.7 Å². The molecule has 0 saturated heterocycles. The molecular formula is C16H19NO2. The minimum Gasteiger partial charge on any atom is -0.449 e. The zero-order chi connectivity index (χ0) is 13.2. The van der Waals surface area contributed by atoms with Gasteiger partial charge in [-0.05, 0) is 43.7 Å². The van der Waals surface area contributed by atoms with Crippen LogP contribution < -0.4 is 5.32 Å². The van der Waals surface area contributed by atoms with Crippen molar-refractivity contribution >= 4 is 11.8 Å². The molecule has 2 bridgehead atoms. The Bertz CT molecular complexity index is 492. The molecule has 3 heteroatoms. The second kappa shape index (κ2) is 5.08. The predicted octanol–water partition coefficient (Wildman–Crippen LogP) is 3.76. The van der Waals surface area contributed by atoms with Gasteiger partial charge in [-0.2, -0.15) is 0 Å². The first-order chi connectivity index (χ1) is 9.20. The quantitative estimate of drug-likeness (QED) is 0.837. The summed E-state index contributed by atoms with van der Waals surface area (Å²) < 4.78 is 5.33. The number of allylic oxidation sites excluding steroid dienone is 2. The van der Waals surface area contributed by atoms with Crippen molar-refractivity contribution in [3.63, 3.8) is 0 Å². The van der Waals surface area contributed by atoms with E-state index < -0.39 is 0 Å². The van der Waals surface area contributed by atoms with Gasteiger partial charge in [0, 0.05) is 11.6 Å². The molecule has 0 unspecified atom stereocenters. The molecule has 100 valence electrons. The molecule has 3 rings (SSSR count). The van der Waals surface area contributed by atoms with Crippen LogP contribution in [0.5, 0.6) is 0 Å². The third-order valence-electron chi connectivity index (χ3n) is 4.14. The van der Waals surface area contributed by atoms with Crippen molar-refractivity contribution in [3.8, 4) is 0 Å².